The number of aromatic nitrogens is 2. The first-order chi connectivity index (χ1) is 6.38. The summed E-state index contributed by atoms with van der Waals surface area (Å²) in [6.45, 7) is -1.60. The Labute approximate surface area is 77.9 Å². The van der Waals surface area contributed by atoms with Gasteiger partial charge in [-0.05, 0) is 0 Å². The smallest absolute Gasteiger partial charge is 0.411 e. The van der Waals surface area contributed by atoms with Gasteiger partial charge in [-0.2, -0.15) is 18.2 Å². The number of halogens is 3. The molecule has 0 aliphatic carbocycles. The van der Waals surface area contributed by atoms with Crippen LogP contribution in [0.5, 0.6) is 5.88 Å². The lowest BCUT2D eigenvalue weighted by molar-refractivity contribution is -0.177. The molecule has 0 aliphatic rings. The number of hydrogen-bond donors (Lipinski definition) is 1. The molecule has 1 N–H and O–H groups in total. The number of hydrogen-bond acceptors (Lipinski definition) is 3. The Hall–Kier alpha value is -1.24. The van der Waals surface area contributed by atoms with Crippen LogP contribution in [-0.4, -0.2) is 27.4 Å². The predicted octanol–water partition coefficient (Wildman–Crippen LogP) is 1.20. The first-order valence-corrected chi connectivity index (χ1v) is 3.74. The van der Waals surface area contributed by atoms with Crippen LogP contribution < -0.4 is 0 Å². The summed E-state index contributed by atoms with van der Waals surface area (Å²) in [5.41, 5.74) is 0. The quantitative estimate of drug-likeness (QED) is 0.815. The topological polar surface area (TPSA) is 47.3 Å². The van der Waals surface area contributed by atoms with Crippen molar-refractivity contribution in [2.75, 3.05) is 6.61 Å². The highest BCUT2D eigenvalue weighted by atomic mass is 19.4. The summed E-state index contributed by atoms with van der Waals surface area (Å²) in [6.07, 6.45) is -3.06. The Balaban J connectivity index is 2.42. The molecule has 0 atom stereocenters. The predicted molar refractivity (Wildman–Crippen MR) is 40.6 cm³/mol. The molecule has 4 nitrogen and oxygen atoms in total. The summed E-state index contributed by atoms with van der Waals surface area (Å²) >= 11 is 0. The molecule has 7 heteroatoms. The van der Waals surface area contributed by atoms with Gasteiger partial charge in [0.15, 0.2) is 0 Å². The van der Waals surface area contributed by atoms with Gasteiger partial charge in [0, 0.05) is 7.05 Å². The Kier molecular flexibility index (Phi) is 3.00. The van der Waals surface area contributed by atoms with E-state index in [9.17, 15) is 13.2 Å². The second-order valence-corrected chi connectivity index (χ2v) is 2.73. The summed E-state index contributed by atoms with van der Waals surface area (Å²) in [7, 11) is 1.55. The molecule has 0 fully saturated rings. The molecule has 1 rings (SSSR count). The molecule has 80 valence electrons. The minimum absolute atomic E-state index is 0.238. The molecule has 0 bridgehead atoms. The molecule has 0 spiro atoms. The zero-order valence-corrected chi connectivity index (χ0v) is 7.38. The molecular weight excluding hydrogens is 201 g/mol. The van der Waals surface area contributed by atoms with Crippen molar-refractivity contribution in [2.45, 2.75) is 12.8 Å². The summed E-state index contributed by atoms with van der Waals surface area (Å²) < 4.78 is 40.7. The molecule has 1 aromatic rings. The summed E-state index contributed by atoms with van der Waals surface area (Å²) in [4.78, 5) is 3.56. The largest absolute Gasteiger partial charge is 0.492 e. The van der Waals surface area contributed by atoms with Crippen molar-refractivity contribution < 1.29 is 23.0 Å². The standard InChI is InChI=1S/C7H9F3N2O2/c1-12-2-6(13)11-5(12)3-14-4-7(8,9)10/h2,13H,3-4H2,1H3. The molecular formula is C7H9F3N2O2. The minimum Gasteiger partial charge on any atom is -0.492 e. The highest BCUT2D eigenvalue weighted by Crippen LogP contribution is 2.16. The number of aromatic hydroxyl groups is 1. The SMILES string of the molecule is Cn1cc(O)nc1COCC(F)(F)F. The van der Waals surface area contributed by atoms with Crippen LogP contribution in [0, 0.1) is 0 Å². The third kappa shape index (κ3) is 3.25. The average molecular weight is 210 g/mol. The normalized spacial score (nSPS) is 12.0. The van der Waals surface area contributed by atoms with E-state index in [1.165, 1.54) is 10.8 Å². The number of rotatable bonds is 3. The number of nitrogens with zero attached hydrogens (tertiary/aromatic N) is 2. The minimum atomic E-state index is -4.34. The van der Waals surface area contributed by atoms with Crippen molar-refractivity contribution in [2.24, 2.45) is 7.05 Å². The van der Waals surface area contributed by atoms with Gasteiger partial charge in [0.1, 0.15) is 19.0 Å². The highest BCUT2D eigenvalue weighted by molar-refractivity contribution is 5.06. The van der Waals surface area contributed by atoms with Crippen molar-refractivity contribution in [3.05, 3.63) is 12.0 Å². The molecule has 0 aromatic carbocycles. The molecule has 0 unspecified atom stereocenters. The Bertz CT molecular complexity index is 308. The van der Waals surface area contributed by atoms with Crippen molar-refractivity contribution in [3.63, 3.8) is 0 Å². The zero-order chi connectivity index (χ0) is 10.8. The van der Waals surface area contributed by atoms with Gasteiger partial charge in [-0.25, -0.2) is 0 Å². The fourth-order valence-electron chi connectivity index (χ4n) is 0.880. The first-order valence-electron chi connectivity index (χ1n) is 3.74. The van der Waals surface area contributed by atoms with E-state index >= 15 is 0 Å². The molecule has 0 aliphatic heterocycles. The average Bonchev–Trinajstić information content (AvgIpc) is 2.27. The summed E-state index contributed by atoms with van der Waals surface area (Å²) in [5.74, 6) is 0.00450. The maximum atomic E-state index is 11.7. The van der Waals surface area contributed by atoms with Gasteiger partial charge in [-0.15, -0.1) is 0 Å². The second-order valence-electron chi connectivity index (χ2n) is 2.73. The van der Waals surface area contributed by atoms with E-state index in [0.717, 1.165) is 0 Å². The van der Waals surface area contributed by atoms with Crippen LogP contribution in [0.1, 0.15) is 5.82 Å². The number of alkyl halides is 3. The second kappa shape index (κ2) is 3.87. The maximum Gasteiger partial charge on any atom is 0.411 e. The van der Waals surface area contributed by atoms with Crippen molar-refractivity contribution in [1.29, 1.82) is 0 Å². The Morgan fingerprint density at radius 2 is 2.21 bits per heavy atom. The first kappa shape index (κ1) is 10.8. The van der Waals surface area contributed by atoms with Crippen LogP contribution in [0.15, 0.2) is 6.20 Å². The summed E-state index contributed by atoms with van der Waals surface area (Å²) in [6, 6.07) is 0. The van der Waals surface area contributed by atoms with Crippen LogP contribution in [0.4, 0.5) is 13.2 Å². The third-order valence-electron chi connectivity index (χ3n) is 1.46. The lowest BCUT2D eigenvalue weighted by Crippen LogP contribution is -2.17. The van der Waals surface area contributed by atoms with Crippen molar-refractivity contribution in [3.8, 4) is 5.88 Å². The van der Waals surface area contributed by atoms with Crippen molar-refractivity contribution in [1.82, 2.24) is 9.55 Å². The zero-order valence-electron chi connectivity index (χ0n) is 7.38. The number of aryl methyl sites for hydroxylation is 1. The molecule has 1 heterocycles. The highest BCUT2D eigenvalue weighted by Gasteiger charge is 2.27. The molecule has 1 aromatic heterocycles. The number of ether oxygens (including phenoxy) is 1. The van der Waals surface area contributed by atoms with Gasteiger partial charge in [-0.3, -0.25) is 0 Å². The molecule has 0 amide bonds. The van der Waals surface area contributed by atoms with E-state index < -0.39 is 12.8 Å². The van der Waals surface area contributed by atoms with E-state index in [1.54, 1.807) is 7.05 Å². The third-order valence-corrected chi connectivity index (χ3v) is 1.46. The molecule has 14 heavy (non-hydrogen) atoms. The van der Waals surface area contributed by atoms with Crippen LogP contribution in [-0.2, 0) is 18.4 Å². The van der Waals surface area contributed by atoms with E-state index in [-0.39, 0.29) is 18.3 Å². The van der Waals surface area contributed by atoms with E-state index in [4.69, 9.17) is 5.11 Å². The summed E-state index contributed by atoms with van der Waals surface area (Å²) in [5, 5.41) is 8.88. The molecule has 0 radical (unpaired) electrons. The Morgan fingerprint density at radius 3 is 2.64 bits per heavy atom. The molecule has 0 saturated heterocycles. The monoisotopic (exact) mass is 210 g/mol. The van der Waals surface area contributed by atoms with Crippen LogP contribution in [0.3, 0.4) is 0 Å². The lowest BCUT2D eigenvalue weighted by Gasteiger charge is -2.06. The van der Waals surface area contributed by atoms with E-state index in [1.807, 2.05) is 0 Å². The van der Waals surface area contributed by atoms with Gasteiger partial charge < -0.3 is 14.4 Å². The van der Waals surface area contributed by atoms with Gasteiger partial charge in [0.2, 0.25) is 5.88 Å². The van der Waals surface area contributed by atoms with Gasteiger partial charge in [-0.1, -0.05) is 0 Å². The van der Waals surface area contributed by atoms with Crippen molar-refractivity contribution >= 4 is 0 Å². The van der Waals surface area contributed by atoms with Crippen LogP contribution in [0.25, 0.3) is 0 Å². The molecule has 0 saturated carbocycles. The van der Waals surface area contributed by atoms with Crippen LogP contribution in [0.2, 0.25) is 0 Å². The van der Waals surface area contributed by atoms with Gasteiger partial charge in [0.25, 0.3) is 0 Å². The Morgan fingerprint density at radius 1 is 1.57 bits per heavy atom. The number of imidazole rings is 1. The van der Waals surface area contributed by atoms with E-state index in [0.29, 0.717) is 0 Å². The van der Waals surface area contributed by atoms with Gasteiger partial charge >= 0.3 is 6.18 Å². The van der Waals surface area contributed by atoms with E-state index in [2.05, 4.69) is 9.72 Å². The fourth-order valence-corrected chi connectivity index (χ4v) is 0.880. The maximum absolute atomic E-state index is 11.7. The lowest BCUT2D eigenvalue weighted by atomic mass is 10.6. The van der Waals surface area contributed by atoms with Gasteiger partial charge in [0.05, 0.1) is 6.20 Å². The van der Waals surface area contributed by atoms with Crippen LogP contribution >= 0.6 is 0 Å². The fraction of sp³-hybridized carbons (Fsp3) is 0.571.